The van der Waals surface area contributed by atoms with E-state index in [4.69, 9.17) is 0 Å². The first-order chi connectivity index (χ1) is 18.6. The molecule has 2 aliphatic rings. The fourth-order valence-corrected chi connectivity index (χ4v) is 5.61. The summed E-state index contributed by atoms with van der Waals surface area (Å²) in [5.74, 6) is -0.498. The highest BCUT2D eigenvalue weighted by Gasteiger charge is 2.31. The summed E-state index contributed by atoms with van der Waals surface area (Å²) in [6.45, 7) is 7.94. The van der Waals surface area contributed by atoms with E-state index >= 15 is 0 Å². The first-order valence-electron chi connectivity index (χ1n) is 13.3. The van der Waals surface area contributed by atoms with E-state index in [1.165, 1.54) is 34.5 Å². The van der Waals surface area contributed by atoms with Crippen LogP contribution in [0.1, 0.15) is 39.2 Å². The summed E-state index contributed by atoms with van der Waals surface area (Å²) in [6, 6.07) is 12.1. The fraction of sp³-hybridized carbons (Fsp3) is 0.400. The first kappa shape index (κ1) is 27.0. The number of likely N-dealkylation sites (N-methyl/N-ethyl adjacent to an activating group) is 1. The van der Waals surface area contributed by atoms with Crippen LogP contribution in [0.15, 0.2) is 48.7 Å². The summed E-state index contributed by atoms with van der Waals surface area (Å²) in [5, 5.41) is 3.18. The number of anilines is 1. The summed E-state index contributed by atoms with van der Waals surface area (Å²) in [4.78, 5) is 22.3. The number of hydrogen-bond donors (Lipinski definition) is 1. The highest BCUT2D eigenvalue weighted by molar-refractivity contribution is 5.93. The average Bonchev–Trinajstić information content (AvgIpc) is 2.89. The Morgan fingerprint density at radius 1 is 1.00 bits per heavy atom. The molecule has 1 amide bonds. The van der Waals surface area contributed by atoms with E-state index in [0.29, 0.717) is 16.8 Å². The second kappa shape index (κ2) is 10.9. The predicted molar refractivity (Wildman–Crippen MR) is 145 cm³/mol. The van der Waals surface area contributed by atoms with Crippen LogP contribution < -0.4 is 15.0 Å². The molecule has 1 aliphatic carbocycles. The number of nitrogens with zero attached hydrogens (tertiary/aromatic N) is 3. The molecule has 6 nitrogen and oxygen atoms in total. The molecule has 2 aromatic carbocycles. The minimum Gasteiger partial charge on any atom is -0.406 e. The van der Waals surface area contributed by atoms with Crippen molar-refractivity contribution in [3.63, 3.8) is 0 Å². The van der Waals surface area contributed by atoms with Gasteiger partial charge in [-0.2, -0.15) is 0 Å². The molecule has 1 fully saturated rings. The monoisotopic (exact) mass is 538 g/mol. The fourth-order valence-electron chi connectivity index (χ4n) is 5.61. The number of rotatable bonds is 5. The van der Waals surface area contributed by atoms with Gasteiger partial charge in [0.2, 0.25) is 0 Å². The number of amides is 1. The number of ether oxygens (including phenoxy) is 1. The third kappa shape index (κ3) is 6.19. The summed E-state index contributed by atoms with van der Waals surface area (Å²) in [6.07, 6.45) is -0.584. The van der Waals surface area contributed by atoms with Crippen LogP contribution in [0.25, 0.3) is 11.1 Å². The van der Waals surface area contributed by atoms with Crippen LogP contribution in [0.5, 0.6) is 5.75 Å². The van der Waals surface area contributed by atoms with Crippen LogP contribution in [0.4, 0.5) is 18.9 Å². The van der Waals surface area contributed by atoms with Gasteiger partial charge in [-0.05, 0) is 92.2 Å². The van der Waals surface area contributed by atoms with Gasteiger partial charge in [0, 0.05) is 49.7 Å². The van der Waals surface area contributed by atoms with Crippen LogP contribution in [-0.4, -0.2) is 61.4 Å². The van der Waals surface area contributed by atoms with Gasteiger partial charge in [-0.25, -0.2) is 0 Å². The number of benzene rings is 2. The van der Waals surface area contributed by atoms with Gasteiger partial charge in [0.15, 0.2) is 0 Å². The molecule has 2 heterocycles. The number of aryl methyl sites for hydroxylation is 2. The van der Waals surface area contributed by atoms with Crippen molar-refractivity contribution in [2.75, 3.05) is 38.1 Å². The number of aromatic nitrogens is 1. The van der Waals surface area contributed by atoms with Crippen molar-refractivity contribution < 1.29 is 22.7 Å². The molecule has 1 saturated heterocycles. The molecule has 0 bridgehead atoms. The van der Waals surface area contributed by atoms with E-state index in [9.17, 15) is 18.0 Å². The van der Waals surface area contributed by atoms with Gasteiger partial charge in [0.05, 0.1) is 0 Å². The maximum atomic E-state index is 13.1. The Balaban J connectivity index is 1.27. The second-order valence-electron chi connectivity index (χ2n) is 10.5. The van der Waals surface area contributed by atoms with Gasteiger partial charge in [0.1, 0.15) is 11.4 Å². The van der Waals surface area contributed by atoms with Crippen LogP contribution in [-0.2, 0) is 12.8 Å². The van der Waals surface area contributed by atoms with E-state index < -0.39 is 6.36 Å². The molecule has 0 radical (unpaired) electrons. The smallest absolute Gasteiger partial charge is 0.406 e. The maximum absolute atomic E-state index is 13.1. The van der Waals surface area contributed by atoms with Gasteiger partial charge in [-0.1, -0.05) is 18.2 Å². The Kier molecular flexibility index (Phi) is 7.53. The maximum Gasteiger partial charge on any atom is 0.573 e. The van der Waals surface area contributed by atoms with E-state index in [0.717, 1.165) is 51.0 Å². The zero-order valence-corrected chi connectivity index (χ0v) is 22.4. The molecule has 9 heteroatoms. The van der Waals surface area contributed by atoms with Crippen LogP contribution in [0.2, 0.25) is 0 Å². The Labute approximate surface area is 226 Å². The average molecular weight is 539 g/mol. The lowest BCUT2D eigenvalue weighted by Gasteiger charge is -2.37. The number of hydrogen-bond acceptors (Lipinski definition) is 5. The Bertz CT molecular complexity index is 1350. The van der Waals surface area contributed by atoms with E-state index in [1.54, 1.807) is 31.3 Å². The molecule has 0 spiro atoms. The molecule has 1 aromatic heterocycles. The number of alkyl halides is 3. The lowest BCUT2D eigenvalue weighted by molar-refractivity contribution is -0.274. The molecule has 1 atom stereocenters. The Morgan fingerprint density at radius 2 is 1.77 bits per heavy atom. The molecule has 1 aliphatic heterocycles. The molecular formula is C30H33F3N4O2. The van der Waals surface area contributed by atoms with Crippen LogP contribution in [0, 0.1) is 13.8 Å². The van der Waals surface area contributed by atoms with E-state index in [-0.39, 0.29) is 17.7 Å². The Hall–Kier alpha value is -3.59. The van der Waals surface area contributed by atoms with Crippen LogP contribution >= 0.6 is 0 Å². The molecule has 1 N–H and O–H groups in total. The zero-order chi connectivity index (χ0) is 27.7. The summed E-state index contributed by atoms with van der Waals surface area (Å²) in [5.41, 5.74) is 7.69. The van der Waals surface area contributed by atoms with Crippen molar-refractivity contribution in [1.29, 1.82) is 0 Å². The first-order valence-corrected chi connectivity index (χ1v) is 13.3. The quantitative estimate of drug-likeness (QED) is 0.478. The molecule has 206 valence electrons. The normalized spacial score (nSPS) is 18.0. The Morgan fingerprint density at radius 3 is 2.44 bits per heavy atom. The van der Waals surface area contributed by atoms with Crippen molar-refractivity contribution in [3.05, 3.63) is 76.6 Å². The van der Waals surface area contributed by atoms with Gasteiger partial charge in [-0.15, -0.1) is 13.2 Å². The lowest BCUT2D eigenvalue weighted by Crippen LogP contribution is -2.45. The molecule has 3 aromatic rings. The minimum atomic E-state index is -4.74. The minimum absolute atomic E-state index is 0.0166. The van der Waals surface area contributed by atoms with Crippen molar-refractivity contribution in [2.45, 2.75) is 45.5 Å². The SMILES string of the molecule is Cc1cc(OC(F)(F)F)ccc1-c1ccc(C(=O)N[C@H]2CCc3c(C)ccc(N4CCN(C)CC4)c3C2)nc1. The van der Waals surface area contributed by atoms with Crippen molar-refractivity contribution >= 4 is 11.6 Å². The predicted octanol–water partition coefficient (Wildman–Crippen LogP) is 5.30. The number of halogens is 3. The van der Waals surface area contributed by atoms with Crippen molar-refractivity contribution in [3.8, 4) is 16.9 Å². The molecule has 0 saturated carbocycles. The molecule has 5 rings (SSSR count). The van der Waals surface area contributed by atoms with E-state index in [2.05, 4.69) is 50.9 Å². The third-order valence-electron chi connectivity index (χ3n) is 7.75. The van der Waals surface area contributed by atoms with Crippen molar-refractivity contribution in [2.24, 2.45) is 0 Å². The van der Waals surface area contributed by atoms with Gasteiger partial charge >= 0.3 is 6.36 Å². The van der Waals surface area contributed by atoms with Gasteiger partial charge in [0.25, 0.3) is 5.91 Å². The topological polar surface area (TPSA) is 57.7 Å². The molecule has 0 unspecified atom stereocenters. The van der Waals surface area contributed by atoms with Gasteiger partial charge in [-0.3, -0.25) is 9.78 Å². The third-order valence-corrected chi connectivity index (χ3v) is 7.75. The van der Waals surface area contributed by atoms with Crippen LogP contribution in [0.3, 0.4) is 0 Å². The summed E-state index contributed by atoms with van der Waals surface area (Å²) >= 11 is 0. The number of carbonyl (C=O) groups excluding carboxylic acids is 1. The number of carbonyl (C=O) groups is 1. The number of fused-ring (bicyclic) bond motifs is 1. The van der Waals surface area contributed by atoms with Gasteiger partial charge < -0.3 is 19.9 Å². The molecular weight excluding hydrogens is 505 g/mol. The van der Waals surface area contributed by atoms with E-state index in [1.807, 2.05) is 0 Å². The molecule has 39 heavy (non-hydrogen) atoms. The standard InChI is InChI=1S/C30H33F3N4O2/c1-19-4-11-28(37-14-12-36(3)13-15-37)26-17-22(6-8-25(19)26)35-29(38)27-10-5-21(18-34-27)24-9-7-23(16-20(24)2)39-30(31,32)33/h4-5,7,9-11,16,18,22H,6,8,12-15,17H2,1-3H3,(H,35,38)/t22-/m0/s1. The summed E-state index contributed by atoms with van der Waals surface area (Å²) in [7, 11) is 2.15. The number of pyridine rings is 1. The largest absolute Gasteiger partial charge is 0.573 e. The lowest BCUT2D eigenvalue weighted by atomic mass is 9.84. The second-order valence-corrected chi connectivity index (χ2v) is 10.5. The number of piperazine rings is 1. The summed E-state index contributed by atoms with van der Waals surface area (Å²) < 4.78 is 41.6. The highest BCUT2D eigenvalue weighted by Crippen LogP contribution is 2.34. The van der Waals surface area contributed by atoms with Crippen molar-refractivity contribution in [1.82, 2.24) is 15.2 Å². The zero-order valence-electron chi connectivity index (χ0n) is 22.4. The number of nitrogens with one attached hydrogen (secondary N) is 1. The highest BCUT2D eigenvalue weighted by atomic mass is 19.4.